The van der Waals surface area contributed by atoms with Gasteiger partial charge in [-0.2, -0.15) is 0 Å². The molecular weight excluding hydrogens is 488 g/mol. The van der Waals surface area contributed by atoms with E-state index in [2.05, 4.69) is 47.2 Å². The van der Waals surface area contributed by atoms with Crippen molar-refractivity contribution in [2.75, 3.05) is 20.3 Å². The Morgan fingerprint density at radius 2 is 1.28 bits per heavy atom. The molecule has 39 heavy (non-hydrogen) atoms. The summed E-state index contributed by atoms with van der Waals surface area (Å²) in [6, 6.07) is 20.5. The van der Waals surface area contributed by atoms with E-state index in [1.807, 2.05) is 84.1 Å². The molecule has 0 saturated carbocycles. The van der Waals surface area contributed by atoms with Gasteiger partial charge in [-0.25, -0.2) is 9.97 Å². The minimum Gasteiger partial charge on any atom is -0.496 e. The lowest BCUT2D eigenvalue weighted by Crippen LogP contribution is -2.15. The Bertz CT molecular complexity index is 1700. The van der Waals surface area contributed by atoms with Crippen LogP contribution in [-0.2, 0) is 0 Å². The number of imidazole rings is 2. The Hall–Kier alpha value is -4.78. The minimum absolute atomic E-state index is 0.605. The van der Waals surface area contributed by atoms with E-state index in [9.17, 15) is 0 Å². The molecule has 5 heterocycles. The van der Waals surface area contributed by atoms with Crippen LogP contribution in [0.25, 0.3) is 33.3 Å². The third kappa shape index (κ3) is 5.29. The molecule has 0 radical (unpaired) electrons. The van der Waals surface area contributed by atoms with Gasteiger partial charge in [0.15, 0.2) is 11.5 Å². The Balaban J connectivity index is 0.000000149. The number of aromatic nitrogens is 4. The second-order valence-electron chi connectivity index (χ2n) is 8.76. The molecule has 0 atom stereocenters. The summed E-state index contributed by atoms with van der Waals surface area (Å²) in [5.74, 6) is 2.54. The zero-order valence-corrected chi connectivity index (χ0v) is 22.7. The molecule has 0 spiro atoms. The molecule has 7 heteroatoms. The van der Waals surface area contributed by atoms with E-state index in [0.717, 1.165) is 45.0 Å². The van der Waals surface area contributed by atoms with Crippen molar-refractivity contribution < 1.29 is 14.2 Å². The number of hydrogen-bond acceptors (Lipinski definition) is 5. The molecule has 7 rings (SSSR count). The van der Waals surface area contributed by atoms with Crippen LogP contribution in [0.15, 0.2) is 98.1 Å². The Labute approximate surface area is 228 Å². The molecule has 198 valence electrons. The van der Waals surface area contributed by atoms with Crippen molar-refractivity contribution in [1.29, 1.82) is 0 Å². The van der Waals surface area contributed by atoms with Crippen LogP contribution >= 0.6 is 0 Å². The molecule has 0 saturated heterocycles. The minimum atomic E-state index is 0.605. The van der Waals surface area contributed by atoms with Gasteiger partial charge in [0, 0.05) is 23.5 Å². The molecule has 0 unspecified atom stereocenters. The van der Waals surface area contributed by atoms with Crippen LogP contribution in [0.3, 0.4) is 0 Å². The summed E-state index contributed by atoms with van der Waals surface area (Å²) in [4.78, 5) is 8.36. The fourth-order valence-corrected chi connectivity index (χ4v) is 4.64. The van der Waals surface area contributed by atoms with E-state index in [0.29, 0.717) is 13.2 Å². The lowest BCUT2D eigenvalue weighted by Gasteiger charge is -2.19. The number of aryl methyl sites for hydroxylation is 1. The van der Waals surface area contributed by atoms with Gasteiger partial charge >= 0.3 is 0 Å². The average molecular weight is 521 g/mol. The number of rotatable bonds is 3. The van der Waals surface area contributed by atoms with Crippen molar-refractivity contribution in [3.8, 4) is 39.5 Å². The first-order valence-electron chi connectivity index (χ1n) is 13.1. The lowest BCUT2D eigenvalue weighted by atomic mass is 10.0. The number of pyridine rings is 2. The highest BCUT2D eigenvalue weighted by molar-refractivity contribution is 5.81. The first-order chi connectivity index (χ1) is 19.2. The van der Waals surface area contributed by atoms with Crippen LogP contribution in [0.2, 0.25) is 0 Å². The van der Waals surface area contributed by atoms with E-state index in [4.69, 9.17) is 14.2 Å². The highest BCUT2D eigenvalue weighted by Crippen LogP contribution is 2.35. The summed E-state index contributed by atoms with van der Waals surface area (Å²) < 4.78 is 20.5. The highest BCUT2D eigenvalue weighted by Gasteiger charge is 2.13. The van der Waals surface area contributed by atoms with Gasteiger partial charge < -0.3 is 23.0 Å². The molecular formula is C32H32N4O3. The standard InChI is InChI=1S/C15H12N2O2.C15H14N2O.C2H6/c1-2-12(13-9-16-10-17(13)5-1)11-3-4-14-15(8-11)19-7-6-18-14;1-11-8-12(5-6-15(11)18-2)13-4-3-7-17-10-16-9-14(13)17;1-2/h1-5,8-10H,6-7H2;3-10H,1-2H3;1-2H3. The Morgan fingerprint density at radius 1 is 0.718 bits per heavy atom. The Morgan fingerprint density at radius 3 is 1.87 bits per heavy atom. The van der Waals surface area contributed by atoms with Crippen molar-refractivity contribution in [1.82, 2.24) is 18.8 Å². The van der Waals surface area contributed by atoms with E-state index in [1.54, 1.807) is 13.4 Å². The fraction of sp³-hybridized carbons (Fsp3) is 0.188. The fourth-order valence-electron chi connectivity index (χ4n) is 4.64. The molecule has 0 N–H and O–H groups in total. The van der Waals surface area contributed by atoms with Gasteiger partial charge in [-0.1, -0.05) is 38.1 Å². The van der Waals surface area contributed by atoms with Crippen LogP contribution in [0.4, 0.5) is 0 Å². The van der Waals surface area contributed by atoms with E-state index >= 15 is 0 Å². The van der Waals surface area contributed by atoms with Crippen molar-refractivity contribution >= 4 is 11.0 Å². The van der Waals surface area contributed by atoms with E-state index < -0.39 is 0 Å². The molecule has 1 aliphatic rings. The third-order valence-electron chi connectivity index (χ3n) is 6.46. The summed E-state index contributed by atoms with van der Waals surface area (Å²) in [7, 11) is 1.69. The number of nitrogens with zero attached hydrogens (tertiary/aromatic N) is 4. The molecule has 1 aliphatic heterocycles. The predicted molar refractivity (Wildman–Crippen MR) is 155 cm³/mol. The zero-order valence-electron chi connectivity index (χ0n) is 22.7. The van der Waals surface area contributed by atoms with Gasteiger partial charge in [0.05, 0.1) is 43.2 Å². The summed E-state index contributed by atoms with van der Waals surface area (Å²) in [6.45, 7) is 7.27. The van der Waals surface area contributed by atoms with Gasteiger partial charge in [-0.15, -0.1) is 0 Å². The van der Waals surface area contributed by atoms with Gasteiger partial charge in [-0.05, 0) is 60.0 Å². The van der Waals surface area contributed by atoms with Crippen molar-refractivity contribution in [2.45, 2.75) is 20.8 Å². The molecule has 0 fully saturated rings. The number of fused-ring (bicyclic) bond motifs is 3. The molecule has 2 aromatic carbocycles. The normalized spacial score (nSPS) is 11.8. The summed E-state index contributed by atoms with van der Waals surface area (Å²) in [6.07, 6.45) is 11.4. The van der Waals surface area contributed by atoms with Crippen LogP contribution in [0.1, 0.15) is 19.4 Å². The first kappa shape index (κ1) is 25.9. The van der Waals surface area contributed by atoms with Crippen LogP contribution < -0.4 is 14.2 Å². The van der Waals surface area contributed by atoms with Crippen LogP contribution in [-0.4, -0.2) is 39.1 Å². The van der Waals surface area contributed by atoms with Gasteiger partial charge in [0.25, 0.3) is 0 Å². The summed E-state index contributed by atoms with van der Waals surface area (Å²) in [5, 5.41) is 0. The zero-order chi connectivity index (χ0) is 27.2. The smallest absolute Gasteiger partial charge is 0.161 e. The SMILES string of the molecule is CC.COc1ccc(-c2cccn3cncc23)cc1C.c1cc(-c2ccc3c(c2)OCCO3)c2cncn2c1. The lowest BCUT2D eigenvalue weighted by molar-refractivity contribution is 0.171. The molecule has 6 aromatic rings. The number of benzene rings is 2. The molecule has 0 bridgehead atoms. The van der Waals surface area contributed by atoms with Crippen molar-refractivity contribution in [3.63, 3.8) is 0 Å². The van der Waals surface area contributed by atoms with E-state index in [-0.39, 0.29) is 0 Å². The van der Waals surface area contributed by atoms with Gasteiger partial charge in [0.2, 0.25) is 0 Å². The van der Waals surface area contributed by atoms with Crippen molar-refractivity contribution in [3.05, 3.63) is 104 Å². The maximum atomic E-state index is 5.63. The quantitative estimate of drug-likeness (QED) is 0.249. The monoisotopic (exact) mass is 520 g/mol. The first-order valence-corrected chi connectivity index (χ1v) is 13.1. The van der Waals surface area contributed by atoms with Crippen molar-refractivity contribution in [2.24, 2.45) is 0 Å². The average Bonchev–Trinajstić information content (AvgIpc) is 3.68. The topological polar surface area (TPSA) is 62.3 Å². The van der Waals surface area contributed by atoms with E-state index in [1.165, 1.54) is 11.1 Å². The molecule has 0 aliphatic carbocycles. The maximum Gasteiger partial charge on any atom is 0.161 e. The molecule has 7 nitrogen and oxygen atoms in total. The van der Waals surface area contributed by atoms with Gasteiger partial charge in [-0.3, -0.25) is 0 Å². The Kier molecular flexibility index (Phi) is 7.78. The number of hydrogen-bond donors (Lipinski definition) is 0. The van der Waals surface area contributed by atoms with Crippen LogP contribution in [0.5, 0.6) is 17.2 Å². The summed E-state index contributed by atoms with van der Waals surface area (Å²) >= 11 is 0. The molecule has 0 amide bonds. The second kappa shape index (κ2) is 11.7. The second-order valence-corrected chi connectivity index (χ2v) is 8.76. The highest BCUT2D eigenvalue weighted by atomic mass is 16.6. The number of methoxy groups -OCH3 is 1. The summed E-state index contributed by atoms with van der Waals surface area (Å²) in [5.41, 5.74) is 7.94. The molecule has 4 aromatic heterocycles. The predicted octanol–water partition coefficient (Wildman–Crippen LogP) is 7.12. The van der Waals surface area contributed by atoms with Crippen LogP contribution in [0, 0.1) is 6.92 Å². The third-order valence-corrected chi connectivity index (χ3v) is 6.46. The number of ether oxygens (including phenoxy) is 3. The maximum absolute atomic E-state index is 5.63. The van der Waals surface area contributed by atoms with Gasteiger partial charge in [0.1, 0.15) is 19.0 Å². The largest absolute Gasteiger partial charge is 0.496 e.